The van der Waals surface area contributed by atoms with Crippen LogP contribution in [0.1, 0.15) is 18.2 Å². The van der Waals surface area contributed by atoms with Crippen molar-refractivity contribution in [2.45, 2.75) is 13.5 Å². The minimum absolute atomic E-state index is 0.986. The zero-order valence-electron chi connectivity index (χ0n) is 15.2. The second kappa shape index (κ2) is 10.0. The van der Waals surface area contributed by atoms with Crippen molar-refractivity contribution in [3.63, 3.8) is 0 Å². The molecular formula is C22H26N3+. The lowest BCUT2D eigenvalue weighted by Crippen LogP contribution is -2.34. The molecule has 0 atom stereocenters. The number of nitrogens with zero attached hydrogens (tertiary/aromatic N) is 3. The molecule has 3 rings (SSSR count). The molecule has 0 unspecified atom stereocenters. The van der Waals surface area contributed by atoms with Crippen molar-refractivity contribution in [2.75, 3.05) is 19.0 Å². The average molecular weight is 332 g/mol. The molecule has 0 bridgehead atoms. The minimum Gasteiger partial charge on any atom is -0.378 e. The quantitative estimate of drug-likeness (QED) is 0.663. The van der Waals surface area contributed by atoms with Gasteiger partial charge in [-0.25, -0.2) is 0 Å². The molecule has 0 spiro atoms. The summed E-state index contributed by atoms with van der Waals surface area (Å²) < 4.78 is 2.23. The van der Waals surface area contributed by atoms with Crippen molar-refractivity contribution >= 4 is 17.8 Å². The summed E-state index contributed by atoms with van der Waals surface area (Å²) in [5.41, 5.74) is 3.67. The largest absolute Gasteiger partial charge is 0.378 e. The smallest absolute Gasteiger partial charge is 0.205 e. The van der Waals surface area contributed by atoms with Gasteiger partial charge in [0.1, 0.15) is 6.54 Å². The summed E-state index contributed by atoms with van der Waals surface area (Å²) in [6, 6.07) is 20.5. The fourth-order valence-electron chi connectivity index (χ4n) is 2.31. The Morgan fingerprint density at radius 3 is 2.12 bits per heavy atom. The van der Waals surface area contributed by atoms with Crippen LogP contribution < -0.4 is 9.47 Å². The number of rotatable bonds is 4. The number of aromatic nitrogens is 2. The van der Waals surface area contributed by atoms with E-state index in [1.165, 1.54) is 16.9 Å². The van der Waals surface area contributed by atoms with Crippen molar-refractivity contribution in [3.05, 3.63) is 90.5 Å². The molecule has 0 fully saturated rings. The molecule has 0 aliphatic rings. The van der Waals surface area contributed by atoms with Crippen molar-refractivity contribution in [1.82, 2.24) is 4.98 Å². The summed E-state index contributed by atoms with van der Waals surface area (Å²) in [6.45, 7) is 3.14. The molecule has 25 heavy (non-hydrogen) atoms. The third-order valence-electron chi connectivity index (χ3n) is 3.74. The minimum atomic E-state index is 0.986. The molecule has 1 aromatic carbocycles. The van der Waals surface area contributed by atoms with Crippen LogP contribution in [-0.2, 0) is 6.54 Å². The summed E-state index contributed by atoms with van der Waals surface area (Å²) in [6.07, 6.45) is 9.92. The Hall–Kier alpha value is -2.94. The van der Waals surface area contributed by atoms with Crippen LogP contribution in [0.5, 0.6) is 0 Å². The van der Waals surface area contributed by atoms with E-state index in [1.807, 2.05) is 18.2 Å². The van der Waals surface area contributed by atoms with Crippen LogP contribution in [0.3, 0.4) is 0 Å². The highest BCUT2D eigenvalue weighted by atomic mass is 15.1. The van der Waals surface area contributed by atoms with Gasteiger partial charge in [0, 0.05) is 50.4 Å². The van der Waals surface area contributed by atoms with E-state index in [9.17, 15) is 0 Å². The van der Waals surface area contributed by atoms with Crippen LogP contribution in [0.2, 0.25) is 0 Å². The highest BCUT2D eigenvalue weighted by Crippen LogP contribution is 2.13. The zero-order chi connectivity index (χ0) is 17.9. The van der Waals surface area contributed by atoms with Gasteiger partial charge in [0.15, 0.2) is 6.20 Å². The van der Waals surface area contributed by atoms with Gasteiger partial charge in [-0.1, -0.05) is 18.2 Å². The van der Waals surface area contributed by atoms with Crippen LogP contribution in [0.4, 0.5) is 5.69 Å². The van der Waals surface area contributed by atoms with Gasteiger partial charge in [0.25, 0.3) is 0 Å². The monoisotopic (exact) mass is 332 g/mol. The van der Waals surface area contributed by atoms with Crippen molar-refractivity contribution < 1.29 is 4.57 Å². The molecule has 0 saturated heterocycles. The molecule has 2 heterocycles. The zero-order valence-corrected chi connectivity index (χ0v) is 15.2. The normalized spacial score (nSPS) is 10.2. The van der Waals surface area contributed by atoms with E-state index in [0.717, 1.165) is 6.54 Å². The second-order valence-corrected chi connectivity index (χ2v) is 5.76. The van der Waals surface area contributed by atoms with Crippen LogP contribution >= 0.6 is 0 Å². The van der Waals surface area contributed by atoms with Gasteiger partial charge in [-0.05, 0) is 48.9 Å². The number of anilines is 1. The first-order valence-electron chi connectivity index (χ1n) is 8.49. The number of aryl methyl sites for hydroxylation is 1. The van der Waals surface area contributed by atoms with Crippen LogP contribution in [-0.4, -0.2) is 19.1 Å². The van der Waals surface area contributed by atoms with Gasteiger partial charge in [-0.2, -0.15) is 4.57 Å². The van der Waals surface area contributed by atoms with Gasteiger partial charge in [-0.3, -0.25) is 4.98 Å². The van der Waals surface area contributed by atoms with E-state index in [2.05, 4.69) is 96.3 Å². The van der Waals surface area contributed by atoms with Gasteiger partial charge >= 0.3 is 0 Å². The first-order chi connectivity index (χ1) is 12.2. The maximum absolute atomic E-state index is 3.78. The van der Waals surface area contributed by atoms with Crippen LogP contribution in [0, 0.1) is 0 Å². The van der Waals surface area contributed by atoms with Gasteiger partial charge in [0.2, 0.25) is 5.69 Å². The van der Waals surface area contributed by atoms with Crippen molar-refractivity contribution in [2.24, 2.45) is 0 Å². The molecular weight excluding hydrogens is 306 g/mol. The molecule has 128 valence electrons. The van der Waals surface area contributed by atoms with Crippen LogP contribution in [0.15, 0.2) is 79.3 Å². The first kappa shape index (κ1) is 18.4. The predicted molar refractivity (Wildman–Crippen MR) is 106 cm³/mol. The second-order valence-electron chi connectivity index (χ2n) is 5.76. The number of hydrogen-bond acceptors (Lipinski definition) is 2. The van der Waals surface area contributed by atoms with E-state index in [4.69, 9.17) is 0 Å². The number of hydrogen-bond donors (Lipinski definition) is 0. The molecule has 0 saturated carbocycles. The van der Waals surface area contributed by atoms with Crippen LogP contribution in [0.25, 0.3) is 12.2 Å². The Kier molecular flexibility index (Phi) is 7.39. The van der Waals surface area contributed by atoms with Crippen molar-refractivity contribution in [1.29, 1.82) is 0 Å². The summed E-state index contributed by atoms with van der Waals surface area (Å²) >= 11 is 0. The first-order valence-corrected chi connectivity index (χ1v) is 8.49. The van der Waals surface area contributed by atoms with E-state index in [0.29, 0.717) is 0 Å². The maximum atomic E-state index is 3.78. The molecule has 0 aliphatic heterocycles. The van der Waals surface area contributed by atoms with E-state index < -0.39 is 0 Å². The molecule has 3 heteroatoms. The molecule has 0 N–H and O–H groups in total. The summed E-state index contributed by atoms with van der Waals surface area (Å²) in [5, 5.41) is 0. The van der Waals surface area contributed by atoms with E-state index >= 15 is 0 Å². The molecule has 0 amide bonds. The maximum Gasteiger partial charge on any atom is 0.205 e. The average Bonchev–Trinajstić information content (AvgIpc) is 2.68. The fourth-order valence-corrected chi connectivity index (χ4v) is 2.31. The molecule has 0 aliphatic carbocycles. The summed E-state index contributed by atoms with van der Waals surface area (Å²) in [4.78, 5) is 5.89. The Morgan fingerprint density at radius 1 is 0.880 bits per heavy atom. The molecule has 3 nitrogen and oxygen atoms in total. The topological polar surface area (TPSA) is 20.0 Å². The Balaban J connectivity index is 0.000000316. The fraction of sp³-hybridized carbons (Fsp3) is 0.182. The molecule has 0 radical (unpaired) electrons. The van der Waals surface area contributed by atoms with Crippen molar-refractivity contribution in [3.8, 4) is 0 Å². The highest BCUT2D eigenvalue weighted by molar-refractivity contribution is 5.68. The lowest BCUT2D eigenvalue weighted by Gasteiger charge is -2.11. The summed E-state index contributed by atoms with van der Waals surface area (Å²) in [7, 11) is 4.11. The Morgan fingerprint density at radius 2 is 1.60 bits per heavy atom. The van der Waals surface area contributed by atoms with Gasteiger partial charge in [0.05, 0.1) is 0 Å². The van der Waals surface area contributed by atoms with E-state index in [1.54, 1.807) is 12.4 Å². The van der Waals surface area contributed by atoms with E-state index in [-0.39, 0.29) is 0 Å². The standard InChI is InChI=1S/C17H21N2.C5H5N/c1-4-19-14-6-5-7-17(19)13-10-15-8-11-16(12-9-15)18(2)3;1-2-4-6-5-3-1/h5-14H,4H2,1-3H3;1-5H/q+1;. The Labute approximate surface area is 150 Å². The predicted octanol–water partition coefficient (Wildman–Crippen LogP) is 4.31. The highest BCUT2D eigenvalue weighted by Gasteiger charge is 2.02. The molecule has 2 aromatic heterocycles. The lowest BCUT2D eigenvalue weighted by molar-refractivity contribution is -0.695. The Bertz CT molecular complexity index is 736. The number of pyridine rings is 2. The molecule has 3 aromatic rings. The SMILES string of the molecule is CC[n+]1ccccc1C=Cc1ccc(N(C)C)cc1.c1ccncc1. The third kappa shape index (κ3) is 6.22. The third-order valence-corrected chi connectivity index (χ3v) is 3.74. The summed E-state index contributed by atoms with van der Waals surface area (Å²) in [5.74, 6) is 0. The number of benzene rings is 1. The van der Waals surface area contributed by atoms with Gasteiger partial charge in [-0.15, -0.1) is 0 Å². The lowest BCUT2D eigenvalue weighted by atomic mass is 10.1. The van der Waals surface area contributed by atoms with Gasteiger partial charge < -0.3 is 4.90 Å².